The van der Waals surface area contributed by atoms with Crippen LogP contribution in [0.15, 0.2) is 4.79 Å². The Kier molecular flexibility index (Phi) is 4.65. The van der Waals surface area contributed by atoms with Gasteiger partial charge >= 0.3 is 0 Å². The van der Waals surface area contributed by atoms with E-state index in [1.54, 1.807) is 0 Å². The van der Waals surface area contributed by atoms with E-state index in [4.69, 9.17) is 0 Å². The van der Waals surface area contributed by atoms with Gasteiger partial charge in [-0.25, -0.2) is 4.98 Å². The van der Waals surface area contributed by atoms with Gasteiger partial charge in [-0.1, -0.05) is 6.42 Å². The molecule has 152 valence electrons. The molecule has 0 aliphatic heterocycles. The van der Waals surface area contributed by atoms with E-state index >= 15 is 0 Å². The second-order valence-corrected chi connectivity index (χ2v) is 8.00. The Bertz CT molecular complexity index is 1120. The molecule has 0 radical (unpaired) electrons. The number of nitrogens with one attached hydrogen (secondary N) is 3. The zero-order valence-electron chi connectivity index (χ0n) is 16.4. The zero-order valence-corrected chi connectivity index (χ0v) is 16.4. The first-order chi connectivity index (χ1) is 14.2. The lowest BCUT2D eigenvalue weighted by Gasteiger charge is -2.12. The largest absolute Gasteiger partial charge is 0.350 e. The Morgan fingerprint density at radius 3 is 2.72 bits per heavy atom. The predicted octanol–water partition coefficient (Wildman–Crippen LogP) is 1.15. The van der Waals surface area contributed by atoms with E-state index in [-0.39, 0.29) is 17.9 Å². The normalized spacial score (nSPS) is 16.3. The number of hydrogen-bond donors (Lipinski definition) is 3. The average molecular weight is 395 g/mol. The van der Waals surface area contributed by atoms with Crippen molar-refractivity contribution in [1.29, 1.82) is 0 Å². The van der Waals surface area contributed by atoms with Crippen LogP contribution < -0.4 is 10.9 Å². The van der Waals surface area contributed by atoms with Crippen molar-refractivity contribution in [2.24, 2.45) is 0 Å². The van der Waals surface area contributed by atoms with Gasteiger partial charge in [-0.15, -0.1) is 0 Å². The summed E-state index contributed by atoms with van der Waals surface area (Å²) in [5.41, 5.74) is 4.91. The Labute approximate surface area is 167 Å². The monoisotopic (exact) mass is 395 g/mol. The van der Waals surface area contributed by atoms with Crippen LogP contribution in [0.25, 0.3) is 5.78 Å². The number of carbonyl (C=O) groups is 1. The highest BCUT2D eigenvalue weighted by Crippen LogP contribution is 2.21. The third-order valence-electron chi connectivity index (χ3n) is 5.98. The summed E-state index contributed by atoms with van der Waals surface area (Å²) in [6.07, 6.45) is 9.33. The lowest BCUT2D eigenvalue weighted by molar-refractivity contribution is -0.120. The van der Waals surface area contributed by atoms with Crippen LogP contribution >= 0.6 is 0 Å². The Morgan fingerprint density at radius 2 is 1.79 bits per heavy atom. The number of amides is 1. The van der Waals surface area contributed by atoms with Crippen molar-refractivity contribution in [3.63, 3.8) is 0 Å². The lowest BCUT2D eigenvalue weighted by Crippen LogP contribution is -2.26. The van der Waals surface area contributed by atoms with E-state index in [0.717, 1.165) is 61.9 Å². The first-order valence-corrected chi connectivity index (χ1v) is 10.5. The van der Waals surface area contributed by atoms with Crippen molar-refractivity contribution in [3.05, 3.63) is 44.4 Å². The fraction of sp³-hybridized carbons (Fsp3) is 0.550. The number of aromatic nitrogens is 6. The molecule has 3 N–H and O–H groups in total. The number of rotatable bonds is 4. The van der Waals surface area contributed by atoms with Gasteiger partial charge in [-0.05, 0) is 56.9 Å². The molecule has 0 spiro atoms. The summed E-state index contributed by atoms with van der Waals surface area (Å²) in [6.45, 7) is 0.400. The van der Waals surface area contributed by atoms with Crippen molar-refractivity contribution in [2.45, 2.75) is 70.8 Å². The van der Waals surface area contributed by atoms with E-state index in [1.165, 1.54) is 28.6 Å². The van der Waals surface area contributed by atoms with Gasteiger partial charge in [0.05, 0.1) is 24.4 Å². The number of aryl methyl sites for hydroxylation is 2. The van der Waals surface area contributed by atoms with Crippen LogP contribution in [0, 0.1) is 0 Å². The molecule has 3 aromatic heterocycles. The quantitative estimate of drug-likeness (QED) is 0.572. The van der Waals surface area contributed by atoms with Gasteiger partial charge in [-0.3, -0.25) is 19.8 Å². The number of nitrogens with zero attached hydrogens (tertiary/aromatic N) is 4. The van der Waals surface area contributed by atoms with E-state index in [9.17, 15) is 9.59 Å². The summed E-state index contributed by atoms with van der Waals surface area (Å²) < 4.78 is 1.36. The van der Waals surface area contributed by atoms with E-state index in [0.29, 0.717) is 18.1 Å². The number of H-pyrrole nitrogens is 2. The molecule has 9 heteroatoms. The molecule has 2 aliphatic carbocycles. The molecule has 3 heterocycles. The van der Waals surface area contributed by atoms with Crippen LogP contribution in [-0.4, -0.2) is 35.7 Å². The van der Waals surface area contributed by atoms with E-state index in [2.05, 4.69) is 30.6 Å². The van der Waals surface area contributed by atoms with Crippen molar-refractivity contribution in [2.75, 3.05) is 0 Å². The zero-order chi connectivity index (χ0) is 19.8. The van der Waals surface area contributed by atoms with Gasteiger partial charge in [0.25, 0.3) is 11.3 Å². The van der Waals surface area contributed by atoms with Gasteiger partial charge in [0.2, 0.25) is 5.91 Å². The molecule has 0 bridgehead atoms. The highest BCUT2D eigenvalue weighted by Gasteiger charge is 2.20. The van der Waals surface area contributed by atoms with Gasteiger partial charge in [0.1, 0.15) is 5.82 Å². The summed E-state index contributed by atoms with van der Waals surface area (Å²) in [4.78, 5) is 34.0. The highest BCUT2D eigenvalue weighted by atomic mass is 16.1. The van der Waals surface area contributed by atoms with E-state index in [1.807, 2.05) is 0 Å². The Balaban J connectivity index is 1.29. The maximum atomic E-state index is 12.7. The van der Waals surface area contributed by atoms with Gasteiger partial charge in [0, 0.05) is 11.3 Å². The van der Waals surface area contributed by atoms with Crippen LogP contribution in [0.1, 0.15) is 66.1 Å². The van der Waals surface area contributed by atoms with Crippen molar-refractivity contribution < 1.29 is 4.79 Å². The topological polar surface area (TPSA) is 121 Å². The Morgan fingerprint density at radius 1 is 1.00 bits per heavy atom. The molecule has 0 aromatic carbocycles. The van der Waals surface area contributed by atoms with Crippen LogP contribution in [0.4, 0.5) is 0 Å². The summed E-state index contributed by atoms with van der Waals surface area (Å²) in [5, 5.41) is 13.4. The van der Waals surface area contributed by atoms with Crippen LogP contribution in [0.5, 0.6) is 0 Å². The average Bonchev–Trinajstić information content (AvgIpc) is 3.22. The Hall–Kier alpha value is -2.97. The molecule has 1 amide bonds. The molecular formula is C20H25N7O2. The SMILES string of the molecule is O=C(Cc1nc2nc3c(c(=O)n2[nH]1)CCCC3)NCc1n[nH]c2c1CCCCC2. The maximum absolute atomic E-state index is 12.7. The van der Waals surface area contributed by atoms with Gasteiger partial charge in [-0.2, -0.15) is 14.6 Å². The minimum atomic E-state index is -0.160. The lowest BCUT2D eigenvalue weighted by atomic mass is 9.97. The molecule has 0 fully saturated rings. The summed E-state index contributed by atoms with van der Waals surface area (Å²) in [5.74, 6) is 0.624. The molecule has 0 saturated heterocycles. The smallest absolute Gasteiger partial charge is 0.277 e. The van der Waals surface area contributed by atoms with Crippen LogP contribution in [-0.2, 0) is 43.4 Å². The first-order valence-electron chi connectivity index (χ1n) is 10.5. The molecule has 0 saturated carbocycles. The molecule has 0 unspecified atom stereocenters. The summed E-state index contributed by atoms with van der Waals surface area (Å²) >= 11 is 0. The van der Waals surface area contributed by atoms with Crippen LogP contribution in [0.3, 0.4) is 0 Å². The maximum Gasteiger partial charge on any atom is 0.277 e. The molecular weight excluding hydrogens is 370 g/mol. The predicted molar refractivity (Wildman–Crippen MR) is 106 cm³/mol. The minimum absolute atomic E-state index is 0.0695. The summed E-state index contributed by atoms with van der Waals surface area (Å²) in [7, 11) is 0. The molecule has 29 heavy (non-hydrogen) atoms. The van der Waals surface area contributed by atoms with Crippen LogP contribution in [0.2, 0.25) is 0 Å². The number of aromatic amines is 2. The second kappa shape index (κ2) is 7.46. The van der Waals surface area contributed by atoms with Crippen molar-refractivity contribution >= 4 is 11.7 Å². The van der Waals surface area contributed by atoms with Gasteiger partial charge in [0.15, 0.2) is 0 Å². The fourth-order valence-corrected chi connectivity index (χ4v) is 4.44. The van der Waals surface area contributed by atoms with E-state index < -0.39 is 0 Å². The highest BCUT2D eigenvalue weighted by molar-refractivity contribution is 5.77. The molecule has 5 rings (SSSR count). The van der Waals surface area contributed by atoms with Gasteiger partial charge < -0.3 is 5.32 Å². The van der Waals surface area contributed by atoms with Crippen molar-refractivity contribution in [1.82, 2.24) is 35.1 Å². The van der Waals surface area contributed by atoms with Crippen molar-refractivity contribution in [3.8, 4) is 0 Å². The third-order valence-corrected chi connectivity index (χ3v) is 5.98. The number of fused-ring (bicyclic) bond motifs is 3. The molecule has 9 nitrogen and oxygen atoms in total. The molecule has 3 aromatic rings. The fourth-order valence-electron chi connectivity index (χ4n) is 4.44. The molecule has 0 atom stereocenters. The third kappa shape index (κ3) is 3.45. The summed E-state index contributed by atoms with van der Waals surface area (Å²) in [6, 6.07) is 0. The first kappa shape index (κ1) is 18.1. The molecule has 2 aliphatic rings. The standard InChI is InChI=1S/C20H25N7O2/c28-18(21-11-16-12-6-2-1-3-9-15(12)24-25-16)10-17-23-20-22-14-8-5-4-7-13(14)19(29)27(20)26-17/h1-11H2,(H,21,28)(H,24,25)(H,22,23,26). The second-order valence-electron chi connectivity index (χ2n) is 8.00. The number of carbonyl (C=O) groups excluding carboxylic acids is 1. The minimum Gasteiger partial charge on any atom is -0.350 e. The number of hydrogen-bond acceptors (Lipinski definition) is 5.